The summed E-state index contributed by atoms with van der Waals surface area (Å²) in [5, 5.41) is 7.32. The van der Waals surface area contributed by atoms with Crippen molar-refractivity contribution >= 4 is 63.1 Å². The number of hydrogen-bond acceptors (Lipinski definition) is 6. The van der Waals surface area contributed by atoms with Gasteiger partial charge in [-0.1, -0.05) is 54.6 Å². The normalized spacial score (nSPS) is 12.0. The Morgan fingerprint density at radius 3 is 2.00 bits per heavy atom. The van der Waals surface area contributed by atoms with Crippen molar-refractivity contribution in [2.45, 2.75) is 17.1 Å². The van der Waals surface area contributed by atoms with Crippen molar-refractivity contribution in [3.63, 3.8) is 0 Å². The first kappa shape index (κ1) is 32.2. The van der Waals surface area contributed by atoms with Crippen LogP contribution in [0.4, 0.5) is 5.69 Å². The van der Waals surface area contributed by atoms with E-state index in [0.29, 0.717) is 28.3 Å². The Hall–Kier alpha value is -5.80. The molecule has 1 unspecified atom stereocenters. The number of amides is 2. The number of carbonyl (C=O) groups excluding carboxylic acids is 3. The zero-order chi connectivity index (χ0) is 33.6. The van der Waals surface area contributed by atoms with Crippen molar-refractivity contribution in [1.29, 1.82) is 0 Å². The van der Waals surface area contributed by atoms with E-state index in [4.69, 9.17) is 9.47 Å². The monoisotopic (exact) mass is 655 g/mol. The zero-order valence-electron chi connectivity index (χ0n) is 26.6. The van der Waals surface area contributed by atoms with Gasteiger partial charge in [0.1, 0.15) is 17.2 Å². The molecule has 6 rings (SSSR count). The van der Waals surface area contributed by atoms with Gasteiger partial charge >= 0.3 is 0 Å². The SMILES string of the molecule is COc1ccc(/C=C(\NC(=O)c2ccccc2)C(=O)Nc2ccc(SC(C)C(=O)n3c4ccccc4c4ccccc43)cc2)c(OC)c1. The number of thioether (sulfide) groups is 1. The number of aromatic nitrogens is 1. The number of benzene rings is 5. The van der Waals surface area contributed by atoms with E-state index >= 15 is 0 Å². The molecule has 2 amide bonds. The standard InChI is InChI=1S/C39H33N3O5S/c1-25(39(45)42-34-15-9-7-13-31(34)32-14-8-10-16-35(32)42)48-30-21-18-28(19-22-30)40-38(44)33(41-37(43)26-11-5-4-6-12-26)23-27-17-20-29(46-2)24-36(27)47-3/h4-25H,1-3H3,(H,40,44)(H,41,43)/b33-23-. The van der Waals surface area contributed by atoms with Crippen LogP contribution in [0.3, 0.4) is 0 Å². The third kappa shape index (κ3) is 6.82. The molecule has 0 saturated carbocycles. The Kier molecular flexibility index (Phi) is 9.59. The molecule has 6 aromatic rings. The maximum Gasteiger partial charge on any atom is 0.272 e. The maximum atomic E-state index is 13.8. The summed E-state index contributed by atoms with van der Waals surface area (Å²) >= 11 is 1.44. The average molecular weight is 656 g/mol. The summed E-state index contributed by atoms with van der Waals surface area (Å²) in [5.74, 6) is 0.0881. The first-order valence-electron chi connectivity index (χ1n) is 15.3. The van der Waals surface area contributed by atoms with Crippen molar-refractivity contribution in [2.75, 3.05) is 19.5 Å². The molecule has 240 valence electrons. The fourth-order valence-corrected chi connectivity index (χ4v) is 6.35. The molecular formula is C39H33N3O5S. The Morgan fingerprint density at radius 1 is 0.750 bits per heavy atom. The summed E-state index contributed by atoms with van der Waals surface area (Å²) in [6.45, 7) is 1.90. The summed E-state index contributed by atoms with van der Waals surface area (Å²) in [7, 11) is 3.07. The molecule has 0 bridgehead atoms. The number of nitrogens with zero attached hydrogens (tertiary/aromatic N) is 1. The van der Waals surface area contributed by atoms with Gasteiger partial charge in [-0.25, -0.2) is 0 Å². The van der Waals surface area contributed by atoms with Gasteiger partial charge in [0.25, 0.3) is 11.8 Å². The smallest absolute Gasteiger partial charge is 0.272 e. The van der Waals surface area contributed by atoms with E-state index in [1.807, 2.05) is 73.7 Å². The molecule has 1 atom stereocenters. The largest absolute Gasteiger partial charge is 0.497 e. The highest BCUT2D eigenvalue weighted by Crippen LogP contribution is 2.32. The van der Waals surface area contributed by atoms with Crippen LogP contribution in [0.5, 0.6) is 11.5 Å². The van der Waals surface area contributed by atoms with E-state index in [2.05, 4.69) is 10.6 Å². The molecule has 48 heavy (non-hydrogen) atoms. The van der Waals surface area contributed by atoms with Crippen molar-refractivity contribution < 1.29 is 23.9 Å². The minimum Gasteiger partial charge on any atom is -0.497 e. The van der Waals surface area contributed by atoms with Crippen LogP contribution < -0.4 is 20.1 Å². The van der Waals surface area contributed by atoms with E-state index in [-0.39, 0.29) is 16.9 Å². The number of para-hydroxylation sites is 2. The van der Waals surface area contributed by atoms with Gasteiger partial charge in [0.2, 0.25) is 5.91 Å². The maximum absolute atomic E-state index is 13.8. The Bertz CT molecular complexity index is 2100. The molecule has 0 radical (unpaired) electrons. The summed E-state index contributed by atoms with van der Waals surface area (Å²) in [6.07, 6.45) is 1.56. The first-order valence-corrected chi connectivity index (χ1v) is 16.1. The van der Waals surface area contributed by atoms with Crippen molar-refractivity contribution in [3.05, 3.63) is 138 Å². The topological polar surface area (TPSA) is 98.7 Å². The van der Waals surface area contributed by atoms with Crippen LogP contribution in [0.1, 0.15) is 27.6 Å². The van der Waals surface area contributed by atoms with E-state index < -0.39 is 11.8 Å². The number of hydrogen-bond donors (Lipinski definition) is 2. The number of methoxy groups -OCH3 is 2. The number of ether oxygens (including phenoxy) is 2. The van der Waals surface area contributed by atoms with Gasteiger partial charge in [0.05, 0.1) is 30.5 Å². The zero-order valence-corrected chi connectivity index (χ0v) is 27.4. The molecule has 0 fully saturated rings. The quantitative estimate of drug-likeness (QED) is 0.115. The molecule has 1 aromatic heterocycles. The van der Waals surface area contributed by atoms with Gasteiger partial charge in [0, 0.05) is 38.5 Å². The van der Waals surface area contributed by atoms with Crippen LogP contribution in [0.25, 0.3) is 27.9 Å². The third-order valence-corrected chi connectivity index (χ3v) is 8.94. The minimum absolute atomic E-state index is 0.0207. The highest BCUT2D eigenvalue weighted by atomic mass is 32.2. The van der Waals surface area contributed by atoms with Crippen LogP contribution in [-0.4, -0.2) is 41.8 Å². The van der Waals surface area contributed by atoms with E-state index in [1.165, 1.54) is 18.9 Å². The second kappa shape index (κ2) is 14.3. The molecule has 0 saturated heterocycles. The van der Waals surface area contributed by atoms with Crippen LogP contribution in [-0.2, 0) is 4.79 Å². The highest BCUT2D eigenvalue weighted by molar-refractivity contribution is 8.00. The number of carbonyl (C=O) groups is 3. The molecule has 8 nitrogen and oxygen atoms in total. The van der Waals surface area contributed by atoms with Gasteiger partial charge in [0.15, 0.2) is 0 Å². The predicted octanol–water partition coefficient (Wildman–Crippen LogP) is 8.04. The lowest BCUT2D eigenvalue weighted by Crippen LogP contribution is -2.30. The average Bonchev–Trinajstić information content (AvgIpc) is 3.46. The van der Waals surface area contributed by atoms with Crippen molar-refractivity contribution in [2.24, 2.45) is 0 Å². The second-order valence-corrected chi connectivity index (χ2v) is 12.3. The van der Waals surface area contributed by atoms with E-state index in [1.54, 1.807) is 72.4 Å². The van der Waals surface area contributed by atoms with Gasteiger partial charge in [-0.2, -0.15) is 0 Å². The first-order chi connectivity index (χ1) is 23.4. The summed E-state index contributed by atoms with van der Waals surface area (Å²) in [5.41, 5.74) is 3.28. The van der Waals surface area contributed by atoms with Crippen molar-refractivity contribution in [1.82, 2.24) is 9.88 Å². The van der Waals surface area contributed by atoms with Crippen LogP contribution in [0, 0.1) is 0 Å². The lowest BCUT2D eigenvalue weighted by atomic mass is 10.1. The highest BCUT2D eigenvalue weighted by Gasteiger charge is 2.22. The predicted molar refractivity (Wildman–Crippen MR) is 192 cm³/mol. The second-order valence-electron chi connectivity index (χ2n) is 10.9. The molecule has 0 spiro atoms. The number of rotatable bonds is 10. The summed E-state index contributed by atoms with van der Waals surface area (Å²) in [6, 6.07) is 36.9. The molecule has 2 N–H and O–H groups in total. The van der Waals surface area contributed by atoms with Gasteiger partial charge < -0.3 is 20.1 Å². The van der Waals surface area contributed by atoms with E-state index in [0.717, 1.165) is 26.7 Å². The third-order valence-electron chi connectivity index (χ3n) is 7.84. The number of nitrogens with one attached hydrogen (secondary N) is 2. The molecule has 0 aliphatic carbocycles. The fourth-order valence-electron chi connectivity index (χ4n) is 5.45. The van der Waals surface area contributed by atoms with Gasteiger partial charge in [-0.3, -0.25) is 19.0 Å². The Balaban J connectivity index is 1.20. The fraction of sp³-hybridized carbons (Fsp3) is 0.103. The molecule has 1 heterocycles. The van der Waals surface area contributed by atoms with Crippen molar-refractivity contribution in [3.8, 4) is 11.5 Å². The summed E-state index contributed by atoms with van der Waals surface area (Å²) in [4.78, 5) is 41.3. The van der Waals surface area contributed by atoms with E-state index in [9.17, 15) is 14.4 Å². The minimum atomic E-state index is -0.521. The number of fused-ring (bicyclic) bond motifs is 3. The van der Waals surface area contributed by atoms with Crippen LogP contribution in [0.15, 0.2) is 132 Å². The molecule has 5 aromatic carbocycles. The summed E-state index contributed by atoms with van der Waals surface area (Å²) < 4.78 is 12.6. The van der Waals surface area contributed by atoms with Gasteiger partial charge in [-0.05, 0) is 73.7 Å². The van der Waals surface area contributed by atoms with Crippen LogP contribution in [0.2, 0.25) is 0 Å². The molecule has 0 aliphatic rings. The van der Waals surface area contributed by atoms with Gasteiger partial charge in [-0.15, -0.1) is 11.8 Å². The Labute approximate surface area is 282 Å². The molecule has 0 aliphatic heterocycles. The lowest BCUT2D eigenvalue weighted by Gasteiger charge is -2.14. The molecule has 9 heteroatoms. The molecular weight excluding hydrogens is 623 g/mol. The Morgan fingerprint density at radius 2 is 1.38 bits per heavy atom. The van der Waals surface area contributed by atoms with Crippen LogP contribution >= 0.6 is 11.8 Å². The lowest BCUT2D eigenvalue weighted by molar-refractivity contribution is -0.113. The number of anilines is 1.